The topological polar surface area (TPSA) is 123 Å². The summed E-state index contributed by atoms with van der Waals surface area (Å²) in [7, 11) is 0. The number of nitrogens with two attached hydrogens (primary N) is 1. The summed E-state index contributed by atoms with van der Waals surface area (Å²) in [6, 6.07) is 13.5. The van der Waals surface area contributed by atoms with Crippen molar-refractivity contribution in [2.75, 3.05) is 13.2 Å². The van der Waals surface area contributed by atoms with E-state index in [1.54, 1.807) is 6.20 Å². The molecule has 0 saturated heterocycles. The molecule has 29 heavy (non-hydrogen) atoms. The number of aromatic amines is 1. The highest BCUT2D eigenvalue weighted by molar-refractivity contribution is 5.98. The second-order valence-corrected chi connectivity index (χ2v) is 6.60. The van der Waals surface area contributed by atoms with Gasteiger partial charge in [0.05, 0.1) is 29.8 Å². The van der Waals surface area contributed by atoms with Crippen molar-refractivity contribution >= 4 is 33.8 Å². The first-order valence-electron chi connectivity index (χ1n) is 9.19. The second-order valence-electron chi connectivity index (χ2n) is 6.60. The second kappa shape index (κ2) is 8.01. The number of amides is 2. The lowest BCUT2D eigenvalue weighted by atomic mass is 10.1. The van der Waals surface area contributed by atoms with E-state index in [2.05, 4.69) is 43.7 Å². The van der Waals surface area contributed by atoms with Crippen LogP contribution in [0.25, 0.3) is 22.1 Å². The number of nitrogens with one attached hydrogen (secondary N) is 2. The van der Waals surface area contributed by atoms with Crippen LogP contribution in [0.4, 0.5) is 4.79 Å². The Bertz CT molecular complexity index is 1190. The molecule has 9 nitrogen and oxygen atoms in total. The van der Waals surface area contributed by atoms with Crippen molar-refractivity contribution < 1.29 is 9.63 Å². The minimum atomic E-state index is -0.589. The smallest absolute Gasteiger partial charge is 0.312 e. The third kappa shape index (κ3) is 4.18. The number of hydrogen-bond acceptors (Lipinski definition) is 5. The van der Waals surface area contributed by atoms with Gasteiger partial charge in [-0.25, -0.2) is 9.78 Å². The van der Waals surface area contributed by atoms with E-state index in [1.165, 1.54) is 0 Å². The van der Waals surface area contributed by atoms with Gasteiger partial charge in [0.15, 0.2) is 5.65 Å². The molecule has 4 aromatic rings. The first-order valence-corrected chi connectivity index (χ1v) is 9.19. The summed E-state index contributed by atoms with van der Waals surface area (Å²) in [5.41, 5.74) is 10.3. The minimum absolute atomic E-state index is 0.232. The molecule has 148 valence electrons. The zero-order chi connectivity index (χ0) is 20.2. The van der Waals surface area contributed by atoms with Crippen molar-refractivity contribution in [3.8, 4) is 0 Å². The molecule has 0 bridgehead atoms. The van der Waals surface area contributed by atoms with Gasteiger partial charge in [-0.05, 0) is 42.8 Å². The SMILES string of the molecule is C/C(=N\OCCNC(N)=O)c1ccc2[nH]n(Cc3ccc4ncccc4c3)c2n1. The number of primary amides is 1. The molecule has 4 N–H and O–H groups in total. The number of urea groups is 1. The molecule has 3 heterocycles. The molecular weight excluding hydrogens is 370 g/mol. The van der Waals surface area contributed by atoms with Crippen LogP contribution >= 0.6 is 0 Å². The monoisotopic (exact) mass is 391 g/mol. The summed E-state index contributed by atoms with van der Waals surface area (Å²) >= 11 is 0. The summed E-state index contributed by atoms with van der Waals surface area (Å²) in [6.45, 7) is 3.03. The van der Waals surface area contributed by atoms with Crippen molar-refractivity contribution in [2.45, 2.75) is 13.5 Å². The first-order chi connectivity index (χ1) is 14.1. The van der Waals surface area contributed by atoms with Crippen LogP contribution in [0.1, 0.15) is 18.2 Å². The number of benzene rings is 1. The number of rotatable bonds is 7. The van der Waals surface area contributed by atoms with Gasteiger partial charge in [0.25, 0.3) is 0 Å². The Morgan fingerprint density at radius 2 is 2.21 bits per heavy atom. The number of carbonyl (C=O) groups is 1. The van der Waals surface area contributed by atoms with E-state index in [0.29, 0.717) is 18.8 Å². The lowest BCUT2D eigenvalue weighted by molar-refractivity contribution is 0.147. The van der Waals surface area contributed by atoms with E-state index in [9.17, 15) is 4.79 Å². The summed E-state index contributed by atoms with van der Waals surface area (Å²) < 4.78 is 1.99. The molecule has 3 aromatic heterocycles. The van der Waals surface area contributed by atoms with Crippen LogP contribution in [-0.4, -0.2) is 44.6 Å². The molecule has 2 amide bonds. The summed E-state index contributed by atoms with van der Waals surface area (Å²) in [5.74, 6) is 0. The molecule has 0 aliphatic rings. The van der Waals surface area contributed by atoms with E-state index in [0.717, 1.165) is 33.3 Å². The standard InChI is InChI=1S/C20H21N7O2/c1-13(26-29-10-9-23-20(21)28)16-6-7-18-19(24-16)27(25-18)12-14-4-5-17-15(11-14)3-2-8-22-17/h2-8,11,25H,9-10,12H2,1H3,(H3,21,23,28)/b26-13+. The van der Waals surface area contributed by atoms with E-state index in [1.807, 2.05) is 35.9 Å². The molecule has 0 radical (unpaired) electrons. The van der Waals surface area contributed by atoms with Crippen LogP contribution in [0.15, 0.2) is 53.8 Å². The third-order valence-electron chi connectivity index (χ3n) is 4.46. The van der Waals surface area contributed by atoms with Gasteiger partial charge in [-0.2, -0.15) is 0 Å². The predicted molar refractivity (Wildman–Crippen MR) is 111 cm³/mol. The Kier molecular flexibility index (Phi) is 5.10. The predicted octanol–water partition coefficient (Wildman–Crippen LogP) is 2.37. The van der Waals surface area contributed by atoms with Crippen molar-refractivity contribution in [3.63, 3.8) is 0 Å². The van der Waals surface area contributed by atoms with Crippen molar-refractivity contribution in [2.24, 2.45) is 10.9 Å². The number of H-pyrrole nitrogens is 1. The van der Waals surface area contributed by atoms with Crippen LogP contribution in [0.5, 0.6) is 0 Å². The molecule has 0 spiro atoms. The zero-order valence-corrected chi connectivity index (χ0v) is 15.9. The van der Waals surface area contributed by atoms with E-state index >= 15 is 0 Å². The van der Waals surface area contributed by atoms with Crippen LogP contribution in [0.2, 0.25) is 0 Å². The van der Waals surface area contributed by atoms with Gasteiger partial charge in [0, 0.05) is 11.6 Å². The van der Waals surface area contributed by atoms with Gasteiger partial charge >= 0.3 is 6.03 Å². The number of carbonyl (C=O) groups excluding carboxylic acids is 1. The maximum absolute atomic E-state index is 10.6. The molecule has 0 aliphatic carbocycles. The fraction of sp³-hybridized carbons (Fsp3) is 0.200. The molecule has 4 rings (SSSR count). The van der Waals surface area contributed by atoms with Crippen LogP contribution < -0.4 is 11.1 Å². The van der Waals surface area contributed by atoms with Crippen LogP contribution in [0, 0.1) is 0 Å². The highest BCUT2D eigenvalue weighted by Gasteiger charge is 2.11. The summed E-state index contributed by atoms with van der Waals surface area (Å²) in [6.07, 6.45) is 1.79. The van der Waals surface area contributed by atoms with Gasteiger partial charge in [-0.3, -0.25) is 14.8 Å². The van der Waals surface area contributed by atoms with Crippen LogP contribution in [0.3, 0.4) is 0 Å². The molecule has 0 saturated carbocycles. The Balaban J connectivity index is 1.47. The molecule has 0 unspecified atom stereocenters. The number of aromatic nitrogens is 4. The van der Waals surface area contributed by atoms with Gasteiger partial charge in [-0.1, -0.05) is 17.3 Å². The number of pyridine rings is 2. The fourth-order valence-electron chi connectivity index (χ4n) is 3.02. The average Bonchev–Trinajstić information content (AvgIpc) is 2.71. The summed E-state index contributed by atoms with van der Waals surface area (Å²) in [5, 5.41) is 10.9. The van der Waals surface area contributed by atoms with Gasteiger partial charge in [0.1, 0.15) is 12.3 Å². The molecular formula is C20H21N7O2. The molecule has 0 fully saturated rings. The van der Waals surface area contributed by atoms with E-state index in [-0.39, 0.29) is 6.61 Å². The normalized spacial score (nSPS) is 11.8. The van der Waals surface area contributed by atoms with Crippen molar-refractivity contribution in [1.82, 2.24) is 25.1 Å². The van der Waals surface area contributed by atoms with Gasteiger partial charge < -0.3 is 15.9 Å². The fourth-order valence-corrected chi connectivity index (χ4v) is 3.02. The number of hydrogen-bond donors (Lipinski definition) is 3. The molecule has 9 heteroatoms. The third-order valence-corrected chi connectivity index (χ3v) is 4.46. The number of fused-ring (bicyclic) bond motifs is 2. The average molecular weight is 391 g/mol. The summed E-state index contributed by atoms with van der Waals surface area (Å²) in [4.78, 5) is 24.8. The van der Waals surface area contributed by atoms with E-state index in [4.69, 9.17) is 10.6 Å². The highest BCUT2D eigenvalue weighted by atomic mass is 16.6. The van der Waals surface area contributed by atoms with Gasteiger partial charge in [0.2, 0.25) is 0 Å². The lowest BCUT2D eigenvalue weighted by Gasteiger charge is -2.16. The Morgan fingerprint density at radius 1 is 1.31 bits per heavy atom. The van der Waals surface area contributed by atoms with Crippen molar-refractivity contribution in [3.05, 3.63) is 59.9 Å². The van der Waals surface area contributed by atoms with E-state index < -0.39 is 6.03 Å². The Hall–Kier alpha value is -3.88. The quantitative estimate of drug-likeness (QED) is 0.254. The molecule has 0 aliphatic heterocycles. The zero-order valence-electron chi connectivity index (χ0n) is 15.9. The highest BCUT2D eigenvalue weighted by Crippen LogP contribution is 2.18. The molecule has 0 atom stereocenters. The lowest BCUT2D eigenvalue weighted by Crippen LogP contribution is -2.31. The van der Waals surface area contributed by atoms with Crippen molar-refractivity contribution in [1.29, 1.82) is 0 Å². The number of oxime groups is 1. The Labute approximate surface area is 166 Å². The maximum Gasteiger partial charge on any atom is 0.312 e. The molecule has 1 aromatic carbocycles. The van der Waals surface area contributed by atoms with Crippen LogP contribution in [-0.2, 0) is 11.4 Å². The maximum atomic E-state index is 10.6. The Morgan fingerprint density at radius 3 is 3.07 bits per heavy atom. The number of nitrogens with zero attached hydrogens (tertiary/aromatic N) is 4. The largest absolute Gasteiger partial charge is 0.394 e. The first kappa shape index (κ1) is 18.5. The minimum Gasteiger partial charge on any atom is -0.394 e. The van der Waals surface area contributed by atoms with Gasteiger partial charge in [-0.15, -0.1) is 0 Å².